The van der Waals surface area contributed by atoms with Crippen molar-refractivity contribution in [1.82, 2.24) is 0 Å². The normalized spacial score (nSPS) is 42.5. The Morgan fingerprint density at radius 1 is 1.07 bits per heavy atom. The van der Waals surface area contributed by atoms with E-state index in [1.54, 1.807) is 0 Å². The van der Waals surface area contributed by atoms with Gasteiger partial charge in [-0.1, -0.05) is 13.8 Å². The number of Topliss-reactive ketones (excluding diaryl/α,β-unsaturated/α-hetero) is 1. The molecule has 162 valence electrons. The van der Waals surface area contributed by atoms with Gasteiger partial charge < -0.3 is 9.47 Å². The maximum atomic E-state index is 12.8. The molecular formula is C24H31NO5. The molecule has 0 aliphatic heterocycles. The van der Waals surface area contributed by atoms with Crippen LogP contribution in [0.4, 0.5) is 0 Å². The number of allylic oxidation sites excluding steroid dienone is 1. The van der Waals surface area contributed by atoms with Crippen LogP contribution in [0.15, 0.2) is 11.3 Å². The van der Waals surface area contributed by atoms with E-state index < -0.39 is 11.9 Å². The van der Waals surface area contributed by atoms with Crippen LogP contribution >= 0.6 is 0 Å². The molecule has 6 nitrogen and oxygen atoms in total. The molecule has 0 bridgehead atoms. The van der Waals surface area contributed by atoms with Gasteiger partial charge in [0.1, 0.15) is 12.0 Å². The first kappa shape index (κ1) is 21.1. The predicted octanol–water partition coefficient (Wildman–Crippen LogP) is 4.09. The third-order valence-corrected chi connectivity index (χ3v) is 8.74. The first-order chi connectivity index (χ1) is 14.1. The lowest BCUT2D eigenvalue weighted by atomic mass is 9.46. The average Bonchev–Trinajstić information content (AvgIpc) is 2.99. The van der Waals surface area contributed by atoms with Crippen LogP contribution in [0.2, 0.25) is 0 Å². The molecule has 3 saturated carbocycles. The van der Waals surface area contributed by atoms with Crippen LogP contribution < -0.4 is 0 Å². The molecule has 2 unspecified atom stereocenters. The number of ether oxygens (including phenoxy) is 2. The highest BCUT2D eigenvalue weighted by Crippen LogP contribution is 2.66. The van der Waals surface area contributed by atoms with Crippen molar-refractivity contribution < 1.29 is 23.9 Å². The van der Waals surface area contributed by atoms with Gasteiger partial charge in [-0.15, -0.1) is 0 Å². The fourth-order valence-corrected chi connectivity index (χ4v) is 7.48. The maximum absolute atomic E-state index is 12.8. The first-order valence-corrected chi connectivity index (χ1v) is 11.1. The lowest BCUT2D eigenvalue weighted by Crippen LogP contribution is -2.53. The van der Waals surface area contributed by atoms with E-state index in [-0.39, 0.29) is 34.4 Å². The zero-order valence-electron chi connectivity index (χ0n) is 18.3. The number of carbonyl (C=O) groups excluding carboxylic acids is 3. The van der Waals surface area contributed by atoms with Crippen LogP contribution in [0.3, 0.4) is 0 Å². The zero-order chi connectivity index (χ0) is 21.8. The van der Waals surface area contributed by atoms with Crippen molar-refractivity contribution in [1.29, 1.82) is 5.26 Å². The molecule has 0 radical (unpaired) electrons. The standard InChI is InChI=1S/C24H31NO5/c1-13(26)29-20-8-7-17-16-5-6-19-22(30-14(2)27)21(28)15(12-25)11-24(19,4)18(16)9-10-23(17,20)3/h15-18,20H,5-11H2,1-4H3/t15?,16-,17-,18-,20?,23-,24+/m0/s1. The molecule has 0 aromatic heterocycles. The molecule has 0 aromatic rings. The van der Waals surface area contributed by atoms with Crippen molar-refractivity contribution in [3.05, 3.63) is 11.3 Å². The Balaban J connectivity index is 1.70. The van der Waals surface area contributed by atoms with E-state index in [0.717, 1.165) is 44.1 Å². The van der Waals surface area contributed by atoms with Crippen LogP contribution in [0.5, 0.6) is 0 Å². The van der Waals surface area contributed by atoms with Gasteiger partial charge in [0.25, 0.3) is 0 Å². The smallest absolute Gasteiger partial charge is 0.308 e. The summed E-state index contributed by atoms with van der Waals surface area (Å²) < 4.78 is 11.1. The second kappa shape index (κ2) is 7.21. The lowest BCUT2D eigenvalue weighted by Gasteiger charge is -2.58. The second-order valence-electron chi connectivity index (χ2n) is 10.2. The number of fused-ring (bicyclic) bond motifs is 5. The molecule has 3 fully saturated rings. The molecule has 0 amide bonds. The van der Waals surface area contributed by atoms with E-state index in [4.69, 9.17) is 9.47 Å². The van der Waals surface area contributed by atoms with Gasteiger partial charge in [-0.25, -0.2) is 0 Å². The largest absolute Gasteiger partial charge is 0.462 e. The summed E-state index contributed by atoms with van der Waals surface area (Å²) in [4.78, 5) is 36.1. The Morgan fingerprint density at radius 3 is 2.43 bits per heavy atom. The highest BCUT2D eigenvalue weighted by molar-refractivity contribution is 6.00. The van der Waals surface area contributed by atoms with Gasteiger partial charge in [0.05, 0.1) is 6.07 Å². The first-order valence-electron chi connectivity index (χ1n) is 11.1. The molecule has 0 spiro atoms. The third-order valence-electron chi connectivity index (χ3n) is 8.74. The maximum Gasteiger partial charge on any atom is 0.308 e. The van der Waals surface area contributed by atoms with Crippen LogP contribution in [0.1, 0.15) is 72.6 Å². The number of ketones is 1. The Labute approximate surface area is 178 Å². The van der Waals surface area contributed by atoms with E-state index in [2.05, 4.69) is 19.9 Å². The summed E-state index contributed by atoms with van der Waals surface area (Å²) in [6.45, 7) is 7.23. The minimum absolute atomic E-state index is 0.0117. The molecule has 0 aromatic carbocycles. The summed E-state index contributed by atoms with van der Waals surface area (Å²) in [6, 6.07) is 2.16. The summed E-state index contributed by atoms with van der Waals surface area (Å²) in [5.74, 6) is -0.418. The van der Waals surface area contributed by atoms with Gasteiger partial charge in [-0.2, -0.15) is 5.26 Å². The number of esters is 2. The van der Waals surface area contributed by atoms with E-state index in [9.17, 15) is 19.6 Å². The van der Waals surface area contributed by atoms with Crippen molar-refractivity contribution in [2.24, 2.45) is 34.5 Å². The van der Waals surface area contributed by atoms with Crippen molar-refractivity contribution in [3.63, 3.8) is 0 Å². The van der Waals surface area contributed by atoms with E-state index in [1.165, 1.54) is 13.8 Å². The van der Waals surface area contributed by atoms with E-state index in [1.807, 2.05) is 0 Å². The van der Waals surface area contributed by atoms with Crippen LogP contribution in [-0.2, 0) is 23.9 Å². The topological polar surface area (TPSA) is 93.5 Å². The fraction of sp³-hybridized carbons (Fsp3) is 0.750. The average molecular weight is 414 g/mol. The van der Waals surface area contributed by atoms with Crippen molar-refractivity contribution in [2.45, 2.75) is 78.7 Å². The molecule has 6 heteroatoms. The quantitative estimate of drug-likeness (QED) is 0.633. The molecule has 4 aliphatic rings. The molecule has 0 heterocycles. The van der Waals surface area contributed by atoms with Crippen molar-refractivity contribution in [2.75, 3.05) is 0 Å². The number of rotatable bonds is 2. The minimum Gasteiger partial charge on any atom is -0.462 e. The van der Waals surface area contributed by atoms with Crippen molar-refractivity contribution in [3.8, 4) is 6.07 Å². The van der Waals surface area contributed by atoms with Crippen LogP contribution in [-0.4, -0.2) is 23.8 Å². The van der Waals surface area contributed by atoms with Gasteiger partial charge in [0, 0.05) is 19.3 Å². The van der Waals surface area contributed by atoms with Gasteiger partial charge >= 0.3 is 11.9 Å². The summed E-state index contributed by atoms with van der Waals surface area (Å²) in [5.41, 5.74) is 0.610. The van der Waals surface area contributed by atoms with Crippen molar-refractivity contribution >= 4 is 17.7 Å². The lowest BCUT2D eigenvalue weighted by molar-refractivity contribution is -0.157. The number of hydrogen-bond donors (Lipinski definition) is 0. The minimum atomic E-state index is -0.766. The molecule has 4 rings (SSSR count). The zero-order valence-corrected chi connectivity index (χ0v) is 18.3. The number of nitriles is 1. The molecule has 4 aliphatic carbocycles. The molecular weight excluding hydrogens is 382 g/mol. The van der Waals surface area contributed by atoms with Crippen LogP contribution in [0.25, 0.3) is 0 Å². The molecule has 7 atom stereocenters. The highest BCUT2D eigenvalue weighted by atomic mass is 16.5. The summed E-state index contributed by atoms with van der Waals surface area (Å²) in [7, 11) is 0. The molecule has 0 N–H and O–H groups in total. The Morgan fingerprint density at radius 2 is 1.80 bits per heavy atom. The van der Waals surface area contributed by atoms with E-state index in [0.29, 0.717) is 24.2 Å². The fourth-order valence-electron chi connectivity index (χ4n) is 7.48. The SMILES string of the molecule is CC(=O)OC1=C2CC[C@@H]3[C@H](CC[C@]4(C)C(OC(C)=O)CC[C@@H]34)[C@@]2(C)CC(C#N)C1=O. The molecule has 0 saturated heterocycles. The number of carbonyl (C=O) groups is 3. The Kier molecular flexibility index (Phi) is 5.07. The van der Waals surface area contributed by atoms with Crippen LogP contribution in [0, 0.1) is 45.8 Å². The van der Waals surface area contributed by atoms with Gasteiger partial charge in [0.2, 0.25) is 5.78 Å². The van der Waals surface area contributed by atoms with Gasteiger partial charge in [-0.05, 0) is 73.7 Å². The van der Waals surface area contributed by atoms with E-state index >= 15 is 0 Å². The third kappa shape index (κ3) is 3.01. The second-order valence-corrected chi connectivity index (χ2v) is 10.2. The predicted molar refractivity (Wildman–Crippen MR) is 107 cm³/mol. The monoisotopic (exact) mass is 413 g/mol. The highest BCUT2D eigenvalue weighted by Gasteiger charge is 2.61. The summed E-state index contributed by atoms with van der Waals surface area (Å²) >= 11 is 0. The Hall–Kier alpha value is -2.16. The summed E-state index contributed by atoms with van der Waals surface area (Å²) in [6.07, 6.45) is 6.02. The van der Waals surface area contributed by atoms with Gasteiger partial charge in [-0.3, -0.25) is 14.4 Å². The number of hydrogen-bond acceptors (Lipinski definition) is 6. The number of nitrogens with zero attached hydrogens (tertiary/aromatic N) is 1. The molecule has 30 heavy (non-hydrogen) atoms. The summed E-state index contributed by atoms with van der Waals surface area (Å²) in [5, 5.41) is 9.64. The van der Waals surface area contributed by atoms with Gasteiger partial charge in [0.15, 0.2) is 5.76 Å². The Bertz CT molecular complexity index is 869.